The van der Waals surface area contributed by atoms with Gasteiger partial charge in [-0.25, -0.2) is 0 Å². The van der Waals surface area contributed by atoms with E-state index >= 15 is 0 Å². The number of hydrogen-bond acceptors (Lipinski definition) is 0. The Balaban J connectivity index is 0.000000360. The van der Waals surface area contributed by atoms with Crippen LogP contribution in [0.2, 0.25) is 0 Å². The fraction of sp³-hybridized carbons (Fsp3) is 1.00. The van der Waals surface area contributed by atoms with Crippen LogP contribution in [0.3, 0.4) is 0 Å². The molecule has 0 N–H and O–H groups in total. The molecule has 0 aromatic carbocycles. The molecule has 0 nitrogen and oxygen atoms in total. The normalized spacial score (nSPS) is 29.0. The highest BCUT2D eigenvalue weighted by molar-refractivity contribution is 4.77. The quantitative estimate of drug-likeness (QED) is 0.426. The standard InChI is InChI=1S/C6H12.H2/c1-6(2)4-3-5-6;/h3-5H2,1-2H3;1H/i;1+2. The molecule has 0 unspecified atom stereocenters. The Bertz CT molecular complexity index is 51.2. The fourth-order valence-electron chi connectivity index (χ4n) is 0.884. The van der Waals surface area contributed by atoms with E-state index in [0.29, 0.717) is 0 Å². The monoisotopic (exact) mass is 88.1 g/mol. The molecule has 0 radical (unpaired) electrons. The highest BCUT2D eigenvalue weighted by Crippen LogP contribution is 2.38. The van der Waals surface area contributed by atoms with Crippen molar-refractivity contribution in [1.29, 1.82) is 0 Å². The lowest BCUT2D eigenvalue weighted by Crippen LogP contribution is -2.20. The van der Waals surface area contributed by atoms with Gasteiger partial charge in [0, 0.05) is 1.43 Å². The topological polar surface area (TPSA) is 0 Å². The first-order valence-corrected chi connectivity index (χ1v) is 2.71. The third-order valence-corrected chi connectivity index (χ3v) is 1.71. The molecule has 0 aromatic rings. The average Bonchev–Trinajstić information content (AvgIpc) is 1.32. The second kappa shape index (κ2) is 0.988. The molecule has 0 amide bonds. The molecule has 0 heteroatoms. The van der Waals surface area contributed by atoms with Crippen molar-refractivity contribution in [1.82, 2.24) is 0 Å². The third kappa shape index (κ3) is 0.562. The summed E-state index contributed by atoms with van der Waals surface area (Å²) in [6, 6.07) is 0. The van der Waals surface area contributed by atoms with Gasteiger partial charge in [0.05, 0.1) is 0 Å². The lowest BCUT2D eigenvalue weighted by molar-refractivity contribution is 0.190. The molecule has 38 valence electrons. The van der Waals surface area contributed by atoms with Crippen LogP contribution in [0.1, 0.15) is 34.5 Å². The van der Waals surface area contributed by atoms with Crippen LogP contribution < -0.4 is 0 Å². The van der Waals surface area contributed by atoms with Crippen molar-refractivity contribution in [2.75, 3.05) is 0 Å². The highest BCUT2D eigenvalue weighted by atomic mass is 14.3. The molecule has 0 heterocycles. The maximum atomic E-state index is 2.33. The molecule has 0 bridgehead atoms. The predicted octanol–water partition coefficient (Wildman–Crippen LogP) is 2.44. The fourth-order valence-corrected chi connectivity index (χ4v) is 0.884. The number of hydrogen-bond donors (Lipinski definition) is 0. The van der Waals surface area contributed by atoms with Crippen molar-refractivity contribution in [2.45, 2.75) is 33.1 Å². The van der Waals surface area contributed by atoms with Gasteiger partial charge in [0.1, 0.15) is 0 Å². The van der Waals surface area contributed by atoms with Crippen LogP contribution in [0.15, 0.2) is 0 Å². The van der Waals surface area contributed by atoms with E-state index in [1.807, 2.05) is 0 Å². The first-order chi connectivity index (χ1) is 2.71. The lowest BCUT2D eigenvalue weighted by atomic mass is 9.72. The van der Waals surface area contributed by atoms with E-state index in [-0.39, 0.29) is 1.43 Å². The van der Waals surface area contributed by atoms with Crippen LogP contribution >= 0.6 is 0 Å². The van der Waals surface area contributed by atoms with Crippen LogP contribution in [-0.4, -0.2) is 0 Å². The van der Waals surface area contributed by atoms with Gasteiger partial charge in [-0.05, 0) is 18.3 Å². The zero-order chi connectivity index (χ0) is 4.62. The Morgan fingerprint density at radius 3 is 1.67 bits per heavy atom. The minimum Gasteiger partial charge on any atom is -0.0599 e. The first-order valence-electron chi connectivity index (χ1n) is 2.71. The Labute approximate surface area is 41.0 Å². The first kappa shape index (κ1) is 4.17. The Hall–Kier alpha value is 0. The van der Waals surface area contributed by atoms with Crippen LogP contribution in [0, 0.1) is 5.41 Å². The summed E-state index contributed by atoms with van der Waals surface area (Å²) in [5.74, 6) is 0. The van der Waals surface area contributed by atoms with E-state index < -0.39 is 0 Å². The molecule has 0 atom stereocenters. The summed E-state index contributed by atoms with van der Waals surface area (Å²) >= 11 is 0. The van der Waals surface area contributed by atoms with Gasteiger partial charge in [-0.2, -0.15) is 0 Å². The van der Waals surface area contributed by atoms with Gasteiger partial charge in [-0.15, -0.1) is 0 Å². The van der Waals surface area contributed by atoms with E-state index in [4.69, 9.17) is 0 Å². The van der Waals surface area contributed by atoms with Crippen molar-refractivity contribution >= 4 is 0 Å². The van der Waals surface area contributed by atoms with Gasteiger partial charge in [-0.3, -0.25) is 0 Å². The Morgan fingerprint density at radius 2 is 1.67 bits per heavy atom. The molecule has 0 aliphatic heterocycles. The predicted molar refractivity (Wildman–Crippen MR) is 29.7 cm³/mol. The van der Waals surface area contributed by atoms with E-state index in [9.17, 15) is 0 Å². The Morgan fingerprint density at radius 1 is 1.33 bits per heavy atom. The minimum atomic E-state index is 0. The molecular formula is C6H14. The molecule has 1 aliphatic carbocycles. The van der Waals surface area contributed by atoms with Crippen LogP contribution in [-0.2, 0) is 0 Å². The Kier molecular flexibility index (Phi) is 0.686. The van der Waals surface area contributed by atoms with Gasteiger partial charge < -0.3 is 0 Å². The maximum Gasteiger partial charge on any atom is 0 e. The second-order valence-electron chi connectivity index (χ2n) is 3.02. The smallest absolute Gasteiger partial charge is 0 e. The van der Waals surface area contributed by atoms with Crippen molar-refractivity contribution in [3.63, 3.8) is 0 Å². The van der Waals surface area contributed by atoms with Crippen LogP contribution in [0.5, 0.6) is 0 Å². The van der Waals surface area contributed by atoms with Crippen molar-refractivity contribution in [3.05, 3.63) is 0 Å². The molecule has 0 saturated heterocycles. The van der Waals surface area contributed by atoms with Crippen molar-refractivity contribution in [3.8, 4) is 0 Å². The zero-order valence-corrected chi connectivity index (χ0v) is 4.62. The molecule has 0 aromatic heterocycles. The molecule has 6 heavy (non-hydrogen) atoms. The zero-order valence-electron chi connectivity index (χ0n) is 4.62. The van der Waals surface area contributed by atoms with Crippen molar-refractivity contribution < 1.29 is 1.43 Å². The third-order valence-electron chi connectivity index (χ3n) is 1.71. The van der Waals surface area contributed by atoms with Gasteiger partial charge in [0.2, 0.25) is 0 Å². The molecular weight excluding hydrogens is 72.1 g/mol. The molecule has 0 spiro atoms. The molecule has 1 fully saturated rings. The highest BCUT2D eigenvalue weighted by Gasteiger charge is 2.24. The van der Waals surface area contributed by atoms with Crippen molar-refractivity contribution in [2.24, 2.45) is 5.41 Å². The molecule has 1 saturated carbocycles. The summed E-state index contributed by atoms with van der Waals surface area (Å²) in [5.41, 5.74) is 0.722. The maximum absolute atomic E-state index is 2.33. The average molecular weight is 88.2 g/mol. The van der Waals surface area contributed by atoms with E-state index in [1.54, 1.807) is 0 Å². The molecule has 1 aliphatic rings. The van der Waals surface area contributed by atoms with E-state index in [0.717, 1.165) is 5.41 Å². The SMILES string of the molecule is CC1(C)CCC1.[3HH]. The van der Waals surface area contributed by atoms with Gasteiger partial charge >= 0.3 is 0 Å². The van der Waals surface area contributed by atoms with Crippen LogP contribution in [0.25, 0.3) is 0 Å². The molecule has 1 rings (SSSR count). The summed E-state index contributed by atoms with van der Waals surface area (Å²) < 4.78 is 0. The summed E-state index contributed by atoms with van der Waals surface area (Å²) in [6.45, 7) is 4.66. The summed E-state index contributed by atoms with van der Waals surface area (Å²) in [4.78, 5) is 0. The lowest BCUT2D eigenvalue weighted by Gasteiger charge is -2.33. The van der Waals surface area contributed by atoms with Gasteiger partial charge in [-0.1, -0.05) is 20.3 Å². The minimum absolute atomic E-state index is 0. The summed E-state index contributed by atoms with van der Waals surface area (Å²) in [7, 11) is 0. The number of rotatable bonds is 0. The second-order valence-corrected chi connectivity index (χ2v) is 3.02. The largest absolute Gasteiger partial charge is 0.0599 e. The van der Waals surface area contributed by atoms with Crippen LogP contribution in [0.4, 0.5) is 0 Å². The van der Waals surface area contributed by atoms with E-state index in [2.05, 4.69) is 13.8 Å². The van der Waals surface area contributed by atoms with E-state index in [1.165, 1.54) is 19.3 Å². The summed E-state index contributed by atoms with van der Waals surface area (Å²) in [6.07, 6.45) is 4.37. The van der Waals surface area contributed by atoms with Gasteiger partial charge in [0.15, 0.2) is 0 Å². The summed E-state index contributed by atoms with van der Waals surface area (Å²) in [5, 5.41) is 0. The van der Waals surface area contributed by atoms with Gasteiger partial charge in [0.25, 0.3) is 0 Å².